The second-order valence-electron chi connectivity index (χ2n) is 8.66. The van der Waals surface area contributed by atoms with Crippen LogP contribution in [0.15, 0.2) is 24.3 Å². The van der Waals surface area contributed by atoms with Crippen molar-refractivity contribution < 1.29 is 14.6 Å². The molecule has 1 aromatic carbocycles. The molecule has 6 nitrogen and oxygen atoms in total. The van der Waals surface area contributed by atoms with E-state index in [1.54, 1.807) is 6.07 Å². The van der Waals surface area contributed by atoms with E-state index in [0.717, 1.165) is 57.5 Å². The average Bonchev–Trinajstić information content (AvgIpc) is 2.61. The Morgan fingerprint density at radius 3 is 2.30 bits per heavy atom. The van der Waals surface area contributed by atoms with Crippen LogP contribution in [-0.2, 0) is 4.74 Å². The second-order valence-corrected chi connectivity index (χ2v) is 8.66. The number of piperazine rings is 1. The minimum absolute atomic E-state index is 0.221. The summed E-state index contributed by atoms with van der Waals surface area (Å²) in [6.45, 7) is 9.57. The molecule has 1 heterocycles. The summed E-state index contributed by atoms with van der Waals surface area (Å²) in [5, 5.41) is 13.1. The molecule has 0 unspecified atom stereocenters. The zero-order valence-electron chi connectivity index (χ0n) is 16.8. The van der Waals surface area contributed by atoms with E-state index in [2.05, 4.69) is 15.1 Å². The van der Waals surface area contributed by atoms with Gasteiger partial charge in [-0.3, -0.25) is 4.90 Å². The Morgan fingerprint density at radius 2 is 1.70 bits per heavy atom. The van der Waals surface area contributed by atoms with E-state index < -0.39 is 5.60 Å². The molecule has 1 aliphatic carbocycles. The first kappa shape index (κ1) is 19.8. The number of hydrogen-bond acceptors (Lipinski definition) is 5. The van der Waals surface area contributed by atoms with Crippen LogP contribution >= 0.6 is 0 Å². The average molecular weight is 376 g/mol. The molecule has 2 fully saturated rings. The van der Waals surface area contributed by atoms with Crippen molar-refractivity contribution in [3.05, 3.63) is 24.3 Å². The molecule has 1 saturated heterocycles. The summed E-state index contributed by atoms with van der Waals surface area (Å²) in [4.78, 5) is 16.8. The van der Waals surface area contributed by atoms with Crippen molar-refractivity contribution in [1.82, 2.24) is 10.2 Å². The first-order chi connectivity index (χ1) is 12.8. The van der Waals surface area contributed by atoms with Crippen molar-refractivity contribution in [2.24, 2.45) is 0 Å². The van der Waals surface area contributed by atoms with Crippen molar-refractivity contribution in [2.75, 3.05) is 31.1 Å². The third-order valence-corrected chi connectivity index (χ3v) is 5.47. The highest BCUT2D eigenvalue weighted by atomic mass is 16.6. The number of phenols is 1. The zero-order valence-corrected chi connectivity index (χ0v) is 16.8. The lowest BCUT2D eigenvalue weighted by molar-refractivity contribution is 0.0475. The van der Waals surface area contributed by atoms with E-state index in [4.69, 9.17) is 4.74 Å². The van der Waals surface area contributed by atoms with Crippen molar-refractivity contribution in [2.45, 2.75) is 64.1 Å². The molecule has 0 spiro atoms. The summed E-state index contributed by atoms with van der Waals surface area (Å²) >= 11 is 0. The Labute approximate surface area is 162 Å². The monoisotopic (exact) mass is 375 g/mol. The number of anilines is 1. The number of rotatable bonds is 3. The molecule has 0 bridgehead atoms. The number of ether oxygens (including phenoxy) is 1. The molecule has 3 rings (SSSR count). The standard InChI is InChI=1S/C21H33N3O3/c1-21(2,3)27-20(26)22-16-8-10-17(11-9-16)23-12-14-24(15-13-23)18-6-4-5-7-19(18)25/h4-7,16-17,25H,8-15H2,1-3H3,(H,22,26). The summed E-state index contributed by atoms with van der Waals surface area (Å²) in [5.41, 5.74) is 0.483. The number of carbonyl (C=O) groups is 1. The van der Waals surface area contributed by atoms with Gasteiger partial charge in [-0.1, -0.05) is 12.1 Å². The topological polar surface area (TPSA) is 65.0 Å². The number of carbonyl (C=O) groups excluding carboxylic acids is 1. The molecular weight excluding hydrogens is 342 g/mol. The summed E-state index contributed by atoms with van der Waals surface area (Å²) in [6, 6.07) is 8.38. The van der Waals surface area contributed by atoms with E-state index in [9.17, 15) is 9.90 Å². The van der Waals surface area contributed by atoms with Gasteiger partial charge in [0.15, 0.2) is 0 Å². The number of hydrogen-bond donors (Lipinski definition) is 2. The quantitative estimate of drug-likeness (QED) is 0.848. The Kier molecular flexibility index (Phi) is 6.15. The third kappa shape index (κ3) is 5.51. The van der Waals surface area contributed by atoms with Gasteiger partial charge in [-0.25, -0.2) is 4.79 Å². The van der Waals surface area contributed by atoms with Gasteiger partial charge < -0.3 is 20.1 Å². The number of amides is 1. The highest BCUT2D eigenvalue weighted by Crippen LogP contribution is 2.29. The molecule has 6 heteroatoms. The highest BCUT2D eigenvalue weighted by Gasteiger charge is 2.30. The maximum absolute atomic E-state index is 11.9. The van der Waals surface area contributed by atoms with Crippen LogP contribution in [0.1, 0.15) is 46.5 Å². The molecule has 1 aromatic rings. The fraction of sp³-hybridized carbons (Fsp3) is 0.667. The van der Waals surface area contributed by atoms with Gasteiger partial charge in [-0.15, -0.1) is 0 Å². The van der Waals surface area contributed by atoms with E-state index >= 15 is 0 Å². The van der Waals surface area contributed by atoms with Gasteiger partial charge in [-0.05, 0) is 58.6 Å². The first-order valence-electron chi connectivity index (χ1n) is 10.1. The number of alkyl carbamates (subject to hydrolysis) is 1. The van der Waals surface area contributed by atoms with Crippen LogP contribution in [0, 0.1) is 0 Å². The van der Waals surface area contributed by atoms with Gasteiger partial charge in [0, 0.05) is 38.3 Å². The smallest absolute Gasteiger partial charge is 0.407 e. The lowest BCUT2D eigenvalue weighted by Crippen LogP contribution is -2.52. The van der Waals surface area contributed by atoms with Crippen LogP contribution in [0.5, 0.6) is 5.75 Å². The summed E-state index contributed by atoms with van der Waals surface area (Å²) < 4.78 is 5.36. The first-order valence-corrected chi connectivity index (χ1v) is 10.1. The number of aromatic hydroxyl groups is 1. The highest BCUT2D eigenvalue weighted by molar-refractivity contribution is 5.68. The molecule has 1 saturated carbocycles. The SMILES string of the molecule is CC(C)(C)OC(=O)NC1CCC(N2CCN(c3ccccc3O)CC2)CC1. The molecule has 2 aliphatic rings. The summed E-state index contributed by atoms with van der Waals surface area (Å²) in [7, 11) is 0. The maximum Gasteiger partial charge on any atom is 0.407 e. The number of nitrogens with one attached hydrogen (secondary N) is 1. The lowest BCUT2D eigenvalue weighted by Gasteiger charge is -2.42. The van der Waals surface area contributed by atoms with Gasteiger partial charge >= 0.3 is 6.09 Å². The van der Waals surface area contributed by atoms with Gasteiger partial charge in [0.2, 0.25) is 0 Å². The van der Waals surface area contributed by atoms with E-state index in [0.29, 0.717) is 11.8 Å². The molecule has 0 aromatic heterocycles. The maximum atomic E-state index is 11.9. The van der Waals surface area contributed by atoms with Crippen LogP contribution in [0.25, 0.3) is 0 Å². The van der Waals surface area contributed by atoms with E-state index in [1.807, 2.05) is 39.0 Å². The molecule has 0 atom stereocenters. The Bertz CT molecular complexity index is 628. The predicted octanol–water partition coefficient (Wildman–Crippen LogP) is 3.35. The largest absolute Gasteiger partial charge is 0.506 e. The third-order valence-electron chi connectivity index (χ3n) is 5.47. The van der Waals surface area contributed by atoms with E-state index in [1.165, 1.54) is 0 Å². The van der Waals surface area contributed by atoms with Crippen molar-refractivity contribution >= 4 is 11.8 Å². The number of benzene rings is 1. The van der Waals surface area contributed by atoms with E-state index in [-0.39, 0.29) is 12.1 Å². The predicted molar refractivity (Wildman–Crippen MR) is 107 cm³/mol. The fourth-order valence-corrected chi connectivity index (χ4v) is 4.12. The van der Waals surface area contributed by atoms with Crippen LogP contribution < -0.4 is 10.2 Å². The van der Waals surface area contributed by atoms with Crippen LogP contribution in [0.3, 0.4) is 0 Å². The Hall–Kier alpha value is -1.95. The van der Waals surface area contributed by atoms with Crippen molar-refractivity contribution in [1.29, 1.82) is 0 Å². The van der Waals surface area contributed by atoms with Gasteiger partial charge in [0.25, 0.3) is 0 Å². The van der Waals surface area contributed by atoms with Crippen LogP contribution in [0.2, 0.25) is 0 Å². The molecule has 0 radical (unpaired) electrons. The number of para-hydroxylation sites is 2. The molecule has 150 valence electrons. The van der Waals surface area contributed by atoms with Gasteiger partial charge in [0.1, 0.15) is 11.4 Å². The van der Waals surface area contributed by atoms with Gasteiger partial charge in [0.05, 0.1) is 5.69 Å². The second kappa shape index (κ2) is 8.38. The Balaban J connectivity index is 1.42. The minimum Gasteiger partial charge on any atom is -0.506 e. The molecule has 2 N–H and O–H groups in total. The lowest BCUT2D eigenvalue weighted by atomic mass is 9.90. The normalized spacial score (nSPS) is 24.5. The van der Waals surface area contributed by atoms with Crippen LogP contribution in [0.4, 0.5) is 10.5 Å². The van der Waals surface area contributed by atoms with Crippen molar-refractivity contribution in [3.63, 3.8) is 0 Å². The van der Waals surface area contributed by atoms with Crippen molar-refractivity contribution in [3.8, 4) is 5.75 Å². The minimum atomic E-state index is -0.450. The molecular formula is C21H33N3O3. The molecule has 1 aliphatic heterocycles. The van der Waals surface area contributed by atoms with Gasteiger partial charge in [-0.2, -0.15) is 0 Å². The summed E-state index contributed by atoms with van der Waals surface area (Å²) in [5.74, 6) is 0.361. The molecule has 27 heavy (non-hydrogen) atoms. The zero-order chi connectivity index (χ0) is 19.4. The Morgan fingerprint density at radius 1 is 1.07 bits per heavy atom. The summed E-state index contributed by atoms with van der Waals surface area (Å²) in [6.07, 6.45) is 3.92. The number of phenolic OH excluding ortho intramolecular Hbond substituents is 1. The van der Waals surface area contributed by atoms with Crippen LogP contribution in [-0.4, -0.2) is 60.0 Å². The fourth-order valence-electron chi connectivity index (χ4n) is 4.12. The molecule has 1 amide bonds. The number of nitrogens with zero attached hydrogens (tertiary/aromatic N) is 2.